The first-order valence-electron chi connectivity index (χ1n) is 17.0. The van der Waals surface area contributed by atoms with Crippen LogP contribution in [0.2, 0.25) is 0 Å². The third-order valence-corrected chi connectivity index (χ3v) is 11.3. The number of aliphatic hydroxyl groups is 1. The van der Waals surface area contributed by atoms with E-state index in [0.717, 1.165) is 32.1 Å². The van der Waals surface area contributed by atoms with E-state index in [-0.39, 0.29) is 48.2 Å². The predicted octanol–water partition coefficient (Wildman–Crippen LogP) is 4.22. The normalized spacial score (nSPS) is 29.6. The highest BCUT2D eigenvalue weighted by Gasteiger charge is 2.77. The Bertz CT molecular complexity index is 1320. The van der Waals surface area contributed by atoms with E-state index in [9.17, 15) is 24.3 Å². The molecule has 4 fully saturated rings. The summed E-state index contributed by atoms with van der Waals surface area (Å²) in [6, 6.07) is 7.55. The van der Waals surface area contributed by atoms with Crippen molar-refractivity contribution in [1.29, 1.82) is 0 Å². The Balaban J connectivity index is 1.48. The number of hydrogen-bond donors (Lipinski definition) is 2. The lowest BCUT2D eigenvalue weighted by Crippen LogP contribution is -2.60. The fourth-order valence-corrected chi connectivity index (χ4v) is 9.12. The number of fused-ring (bicyclic) bond motifs is 1. The Hall–Kier alpha value is -3.02. The maximum Gasteiger partial charge on any atom is 0.313 e. The van der Waals surface area contributed by atoms with Gasteiger partial charge in [-0.25, -0.2) is 0 Å². The van der Waals surface area contributed by atoms with Gasteiger partial charge in [-0.2, -0.15) is 0 Å². The van der Waals surface area contributed by atoms with E-state index in [1.54, 1.807) is 12.2 Å². The highest BCUT2D eigenvalue weighted by atomic mass is 79.9. The molecule has 2 N–H and O–H groups in total. The first-order valence-corrected chi connectivity index (χ1v) is 17.9. The Labute approximate surface area is 286 Å². The molecule has 11 heteroatoms. The summed E-state index contributed by atoms with van der Waals surface area (Å²) in [6.45, 7) is 9.52. The second kappa shape index (κ2) is 15.5. The molecule has 1 aromatic rings. The average molecular weight is 715 g/mol. The molecule has 1 spiro atoms. The van der Waals surface area contributed by atoms with Gasteiger partial charge in [-0.05, 0) is 37.7 Å². The van der Waals surface area contributed by atoms with Crippen molar-refractivity contribution in [1.82, 2.24) is 15.1 Å². The molecule has 3 aliphatic heterocycles. The van der Waals surface area contributed by atoms with Gasteiger partial charge in [0, 0.05) is 23.8 Å². The van der Waals surface area contributed by atoms with Gasteiger partial charge in [0.05, 0.1) is 37.1 Å². The monoisotopic (exact) mass is 713 g/mol. The van der Waals surface area contributed by atoms with Gasteiger partial charge in [-0.3, -0.25) is 19.2 Å². The van der Waals surface area contributed by atoms with Crippen LogP contribution in [0.3, 0.4) is 0 Å². The molecule has 8 atom stereocenters. The van der Waals surface area contributed by atoms with Gasteiger partial charge in [0.2, 0.25) is 17.7 Å². The van der Waals surface area contributed by atoms with Crippen LogP contribution in [-0.4, -0.2) is 93.0 Å². The van der Waals surface area contributed by atoms with E-state index in [0.29, 0.717) is 31.4 Å². The molecule has 3 amide bonds. The predicted molar refractivity (Wildman–Crippen MR) is 180 cm³/mol. The van der Waals surface area contributed by atoms with Crippen LogP contribution in [-0.2, 0) is 28.7 Å². The fraction of sp³-hybridized carbons (Fsp3) is 0.611. The summed E-state index contributed by atoms with van der Waals surface area (Å²) in [6.07, 6.45) is 8.38. The summed E-state index contributed by atoms with van der Waals surface area (Å²) < 4.78 is 12.9. The second-order valence-electron chi connectivity index (χ2n) is 13.2. The van der Waals surface area contributed by atoms with Crippen molar-refractivity contribution < 1.29 is 33.8 Å². The van der Waals surface area contributed by atoms with Crippen molar-refractivity contribution in [3.05, 3.63) is 61.2 Å². The maximum atomic E-state index is 14.8. The topological polar surface area (TPSA) is 125 Å². The Morgan fingerprint density at radius 2 is 1.91 bits per heavy atom. The largest absolute Gasteiger partial charge is 0.455 e. The molecule has 1 saturated carbocycles. The lowest BCUT2D eigenvalue weighted by atomic mass is 9.70. The van der Waals surface area contributed by atoms with Gasteiger partial charge in [0.15, 0.2) is 0 Å². The number of rotatable bonds is 15. The molecule has 3 heterocycles. The molecule has 3 saturated heterocycles. The number of nitrogens with one attached hydrogen (secondary N) is 1. The minimum atomic E-state index is -1.27. The van der Waals surface area contributed by atoms with E-state index in [1.807, 2.05) is 42.2 Å². The van der Waals surface area contributed by atoms with Gasteiger partial charge in [0.1, 0.15) is 17.7 Å². The van der Waals surface area contributed by atoms with Crippen LogP contribution in [0.5, 0.6) is 0 Å². The lowest BCUT2D eigenvalue weighted by Gasteiger charge is -2.42. The summed E-state index contributed by atoms with van der Waals surface area (Å²) in [5, 5.41) is 13.3. The molecular formula is C36H48BrN3O7. The van der Waals surface area contributed by atoms with Crippen molar-refractivity contribution in [2.45, 2.75) is 105 Å². The van der Waals surface area contributed by atoms with Crippen LogP contribution in [0.1, 0.15) is 76.4 Å². The molecule has 47 heavy (non-hydrogen) atoms. The molecule has 1 aromatic carbocycles. The second-order valence-corrected chi connectivity index (χ2v) is 14.4. The number of alkyl halides is 1. The molecule has 5 rings (SSSR count). The number of esters is 1. The van der Waals surface area contributed by atoms with E-state index in [4.69, 9.17) is 9.47 Å². The van der Waals surface area contributed by atoms with Gasteiger partial charge in [-0.1, -0.05) is 84.6 Å². The number of ether oxygens (including phenoxy) is 2. The zero-order valence-electron chi connectivity index (χ0n) is 27.2. The average Bonchev–Trinajstić information content (AvgIpc) is 3.69. The minimum Gasteiger partial charge on any atom is -0.455 e. The summed E-state index contributed by atoms with van der Waals surface area (Å²) in [5.74, 6) is -3.35. The quantitative estimate of drug-likeness (QED) is 0.158. The van der Waals surface area contributed by atoms with Crippen molar-refractivity contribution in [2.24, 2.45) is 11.8 Å². The fourth-order valence-electron chi connectivity index (χ4n) is 8.17. The van der Waals surface area contributed by atoms with Crippen molar-refractivity contribution >= 4 is 39.6 Å². The summed E-state index contributed by atoms with van der Waals surface area (Å²) in [7, 11) is 0. The number of halogens is 1. The van der Waals surface area contributed by atoms with Crippen LogP contribution in [0.4, 0.5) is 0 Å². The first-order chi connectivity index (χ1) is 22.7. The number of amides is 3. The first kappa shape index (κ1) is 35.3. The summed E-state index contributed by atoms with van der Waals surface area (Å²) in [4.78, 5) is 59.1. The zero-order chi connectivity index (χ0) is 33.7. The molecular weight excluding hydrogens is 666 g/mol. The number of benzene rings is 1. The molecule has 0 radical (unpaired) electrons. The smallest absolute Gasteiger partial charge is 0.313 e. The van der Waals surface area contributed by atoms with Crippen LogP contribution >= 0.6 is 15.9 Å². The van der Waals surface area contributed by atoms with Crippen LogP contribution in [0.25, 0.3) is 0 Å². The van der Waals surface area contributed by atoms with Crippen LogP contribution in [0, 0.1) is 11.8 Å². The van der Waals surface area contributed by atoms with Crippen molar-refractivity contribution in [3.8, 4) is 0 Å². The third-order valence-electron chi connectivity index (χ3n) is 10.4. The van der Waals surface area contributed by atoms with Crippen LogP contribution in [0.15, 0.2) is 55.6 Å². The van der Waals surface area contributed by atoms with Crippen molar-refractivity contribution in [2.75, 3.05) is 19.7 Å². The zero-order valence-corrected chi connectivity index (χ0v) is 28.8. The lowest BCUT2D eigenvalue weighted by molar-refractivity contribution is -0.161. The number of allylic oxidation sites excluding steroid dienone is 1. The molecule has 0 aromatic heterocycles. The number of hydrogen-bond acceptors (Lipinski definition) is 7. The van der Waals surface area contributed by atoms with Gasteiger partial charge in [-0.15, -0.1) is 13.2 Å². The maximum absolute atomic E-state index is 14.8. The van der Waals surface area contributed by atoms with Crippen LogP contribution < -0.4 is 5.32 Å². The number of carbonyl (C=O) groups excluding carboxylic acids is 4. The standard InChI is InChI=1S/C36H48BrN3O7/c1-4-7-18-28(42)38-21-27(23-14-10-8-11-15-23)46-35(45)29-30-33(43)40(24(6-3)22-41)32(36(30)20-26(37)31(29)47-36)34(44)39(19-5-2)25-16-12-9-13-17-25/h4-5,8,10-11,14-15,24-27,29-32,41H,1-2,6-7,9,12-13,16-22H2,3H3,(H,38,42)/t24-,26?,27-,29-,30+,31-,32-,36+/m0/s1. The summed E-state index contributed by atoms with van der Waals surface area (Å²) >= 11 is 3.73. The molecule has 2 bridgehead atoms. The van der Waals surface area contributed by atoms with Gasteiger partial charge >= 0.3 is 5.97 Å². The highest BCUT2D eigenvalue weighted by Crippen LogP contribution is 2.61. The number of likely N-dealkylation sites (tertiary alicyclic amines) is 1. The van der Waals surface area contributed by atoms with E-state index in [1.165, 1.54) is 4.90 Å². The SMILES string of the molecule is C=CCCC(=O)NC[C@H](OC(=O)[C@@H]1[C@H]2O[C@@]3(CC2Br)[C@H](C(=O)N(CC=C)C2CCCCC2)N([C@@H](CC)CO)C(=O)[C@@H]13)c1ccccc1. The van der Waals surface area contributed by atoms with Gasteiger partial charge < -0.3 is 29.7 Å². The minimum absolute atomic E-state index is 0.0170. The molecule has 10 nitrogen and oxygen atoms in total. The Morgan fingerprint density at radius 1 is 1.19 bits per heavy atom. The number of aliphatic hydroxyl groups excluding tert-OH is 1. The van der Waals surface area contributed by atoms with Crippen molar-refractivity contribution in [3.63, 3.8) is 0 Å². The number of nitrogens with zero attached hydrogens (tertiary/aromatic N) is 2. The van der Waals surface area contributed by atoms with Gasteiger partial charge in [0.25, 0.3) is 0 Å². The molecule has 1 unspecified atom stereocenters. The Morgan fingerprint density at radius 3 is 2.55 bits per heavy atom. The molecule has 256 valence electrons. The van der Waals surface area contributed by atoms with E-state index >= 15 is 0 Å². The third kappa shape index (κ3) is 6.81. The highest BCUT2D eigenvalue weighted by molar-refractivity contribution is 9.09. The Kier molecular flexibility index (Phi) is 11.6. The van der Waals surface area contributed by atoms with E-state index < -0.39 is 47.7 Å². The number of carbonyl (C=O) groups is 4. The summed E-state index contributed by atoms with van der Waals surface area (Å²) in [5.41, 5.74) is -0.570. The molecule has 4 aliphatic rings. The van der Waals surface area contributed by atoms with E-state index in [2.05, 4.69) is 34.4 Å². The molecule has 1 aliphatic carbocycles.